The molecule has 1 aliphatic heterocycles. The van der Waals surface area contributed by atoms with Crippen LogP contribution in [-0.4, -0.2) is 29.9 Å². The molecule has 1 aliphatic carbocycles. The molecule has 1 amide bonds. The Bertz CT molecular complexity index is 476. The van der Waals surface area contributed by atoms with Crippen molar-refractivity contribution in [2.24, 2.45) is 5.92 Å². The van der Waals surface area contributed by atoms with Gasteiger partial charge in [0.25, 0.3) is 0 Å². The summed E-state index contributed by atoms with van der Waals surface area (Å²) in [4.78, 5) is 14.0. The normalized spacial score (nSPS) is 20.1. The van der Waals surface area contributed by atoms with E-state index in [-0.39, 0.29) is 0 Å². The first-order chi connectivity index (χ1) is 9.74. The number of likely N-dealkylation sites (tertiary alicyclic amines) is 1. The Morgan fingerprint density at radius 2 is 1.90 bits per heavy atom. The summed E-state index contributed by atoms with van der Waals surface area (Å²) in [7, 11) is 0. The molecular weight excluding hydrogens is 250 g/mol. The average Bonchev–Trinajstić information content (AvgIpc) is 3.31. The maximum absolute atomic E-state index is 12.0. The Kier molecular flexibility index (Phi) is 3.92. The van der Waals surface area contributed by atoms with Gasteiger partial charge in [0.05, 0.1) is 0 Å². The van der Waals surface area contributed by atoms with Crippen LogP contribution in [-0.2, 0) is 11.3 Å². The molecule has 108 valence electrons. The van der Waals surface area contributed by atoms with Crippen molar-refractivity contribution in [3.63, 3.8) is 0 Å². The molecule has 1 aromatic carbocycles. The maximum atomic E-state index is 12.0. The molecule has 2 fully saturated rings. The topological polar surface area (TPSA) is 58.4 Å². The largest absolute Gasteiger partial charge is 0.398 e. The van der Waals surface area contributed by atoms with Crippen molar-refractivity contribution in [2.45, 2.75) is 38.3 Å². The number of nitrogens with one attached hydrogen (secondary N) is 1. The smallest absolute Gasteiger partial charge is 0.225 e. The minimum Gasteiger partial charge on any atom is -0.398 e. The van der Waals surface area contributed by atoms with Crippen LogP contribution in [0.4, 0.5) is 5.69 Å². The van der Waals surface area contributed by atoms with Gasteiger partial charge in [-0.15, -0.1) is 0 Å². The molecule has 0 aromatic heterocycles. The number of nitrogens with two attached hydrogens (primary N) is 1. The molecule has 0 bridgehead atoms. The number of piperidine rings is 1. The van der Waals surface area contributed by atoms with Crippen molar-refractivity contribution in [1.29, 1.82) is 0 Å². The second-order valence-corrected chi connectivity index (χ2v) is 5.95. The van der Waals surface area contributed by atoms with Crippen LogP contribution in [0.25, 0.3) is 0 Å². The fraction of sp³-hybridized carbons (Fsp3) is 0.562. The summed E-state index contributed by atoms with van der Waals surface area (Å²) in [5.41, 5.74) is 7.95. The zero-order valence-electron chi connectivity index (χ0n) is 11.8. The lowest BCUT2D eigenvalue weighted by Gasteiger charge is -2.32. The quantitative estimate of drug-likeness (QED) is 0.822. The Balaban J connectivity index is 1.44. The van der Waals surface area contributed by atoms with E-state index in [2.05, 4.69) is 11.4 Å². The Morgan fingerprint density at radius 3 is 2.55 bits per heavy atom. The van der Waals surface area contributed by atoms with Gasteiger partial charge in [-0.2, -0.15) is 0 Å². The summed E-state index contributed by atoms with van der Waals surface area (Å²) < 4.78 is 0. The fourth-order valence-corrected chi connectivity index (χ4v) is 2.84. The van der Waals surface area contributed by atoms with Crippen molar-refractivity contribution < 1.29 is 4.79 Å². The van der Waals surface area contributed by atoms with Crippen LogP contribution in [0, 0.1) is 5.92 Å². The number of nitrogens with zero attached hydrogens (tertiary/aromatic N) is 1. The van der Waals surface area contributed by atoms with Gasteiger partial charge in [0.1, 0.15) is 0 Å². The van der Waals surface area contributed by atoms with E-state index in [1.165, 1.54) is 0 Å². The van der Waals surface area contributed by atoms with Gasteiger partial charge >= 0.3 is 0 Å². The van der Waals surface area contributed by atoms with Crippen molar-refractivity contribution in [2.75, 3.05) is 18.8 Å². The number of benzene rings is 1. The summed E-state index contributed by atoms with van der Waals surface area (Å²) >= 11 is 0. The summed E-state index contributed by atoms with van der Waals surface area (Å²) in [6.45, 7) is 2.61. The second kappa shape index (κ2) is 5.83. The lowest BCUT2D eigenvalue weighted by atomic mass is 10.0. The number of hydrogen-bond donors (Lipinski definition) is 2. The van der Waals surface area contributed by atoms with Crippen molar-refractivity contribution in [3.8, 4) is 0 Å². The van der Waals surface area contributed by atoms with E-state index < -0.39 is 0 Å². The Morgan fingerprint density at radius 1 is 1.20 bits per heavy atom. The van der Waals surface area contributed by atoms with Gasteiger partial charge in [0.15, 0.2) is 0 Å². The van der Waals surface area contributed by atoms with Crippen LogP contribution in [0.3, 0.4) is 0 Å². The van der Waals surface area contributed by atoms with Gasteiger partial charge in [-0.05, 0) is 37.3 Å². The predicted molar refractivity (Wildman–Crippen MR) is 80.0 cm³/mol. The number of hydrogen-bond acceptors (Lipinski definition) is 3. The van der Waals surface area contributed by atoms with E-state index in [4.69, 9.17) is 5.73 Å². The van der Waals surface area contributed by atoms with Gasteiger partial charge in [0, 0.05) is 37.3 Å². The highest BCUT2D eigenvalue weighted by atomic mass is 16.2. The third kappa shape index (κ3) is 3.12. The first-order valence-electron chi connectivity index (χ1n) is 7.59. The van der Waals surface area contributed by atoms with E-state index in [1.54, 1.807) is 0 Å². The number of anilines is 1. The fourth-order valence-electron chi connectivity index (χ4n) is 2.84. The molecule has 20 heavy (non-hydrogen) atoms. The molecule has 0 radical (unpaired) electrons. The molecule has 3 rings (SSSR count). The lowest BCUT2D eigenvalue weighted by Crippen LogP contribution is -2.45. The van der Waals surface area contributed by atoms with Crippen LogP contribution in [0.1, 0.15) is 31.2 Å². The van der Waals surface area contributed by atoms with Crippen LogP contribution >= 0.6 is 0 Å². The summed E-state index contributed by atoms with van der Waals surface area (Å²) in [5, 5.41) is 3.57. The van der Waals surface area contributed by atoms with E-state index in [0.717, 1.165) is 56.6 Å². The third-order valence-electron chi connectivity index (χ3n) is 4.37. The van der Waals surface area contributed by atoms with Crippen LogP contribution in [0.5, 0.6) is 0 Å². The first kappa shape index (κ1) is 13.4. The molecule has 3 N–H and O–H groups in total. The van der Waals surface area contributed by atoms with Crippen molar-refractivity contribution in [3.05, 3.63) is 29.8 Å². The van der Waals surface area contributed by atoms with Crippen LogP contribution in [0.2, 0.25) is 0 Å². The molecule has 2 aliphatic rings. The number of carbonyl (C=O) groups is 1. The molecule has 0 spiro atoms. The molecule has 1 heterocycles. The van der Waals surface area contributed by atoms with Gasteiger partial charge in [-0.1, -0.05) is 18.2 Å². The molecule has 4 nitrogen and oxygen atoms in total. The van der Waals surface area contributed by atoms with Gasteiger partial charge in [0.2, 0.25) is 5.91 Å². The van der Waals surface area contributed by atoms with E-state index in [1.807, 2.05) is 23.1 Å². The molecule has 0 atom stereocenters. The molecule has 1 saturated heterocycles. The zero-order chi connectivity index (χ0) is 13.9. The van der Waals surface area contributed by atoms with Gasteiger partial charge in [-0.25, -0.2) is 0 Å². The van der Waals surface area contributed by atoms with Crippen molar-refractivity contribution in [1.82, 2.24) is 10.2 Å². The Labute approximate surface area is 120 Å². The monoisotopic (exact) mass is 273 g/mol. The number of nitrogen functional groups attached to an aromatic ring is 1. The third-order valence-corrected chi connectivity index (χ3v) is 4.37. The van der Waals surface area contributed by atoms with E-state index in [0.29, 0.717) is 17.9 Å². The molecule has 0 unspecified atom stereocenters. The molecule has 1 aromatic rings. The van der Waals surface area contributed by atoms with Crippen molar-refractivity contribution >= 4 is 11.6 Å². The highest BCUT2D eigenvalue weighted by Crippen LogP contribution is 2.31. The Hall–Kier alpha value is -1.55. The van der Waals surface area contributed by atoms with Crippen LogP contribution < -0.4 is 11.1 Å². The SMILES string of the molecule is Nc1ccccc1CNC1CCN(C(=O)C2CC2)CC1. The number of para-hydroxylation sites is 1. The van der Waals surface area contributed by atoms with E-state index >= 15 is 0 Å². The summed E-state index contributed by atoms with van der Waals surface area (Å²) in [6, 6.07) is 8.48. The standard InChI is InChI=1S/C16H23N3O/c17-15-4-2-1-3-13(15)11-18-14-7-9-19(10-8-14)16(20)12-5-6-12/h1-4,12,14,18H,5-11,17H2. The van der Waals surface area contributed by atoms with Gasteiger partial charge in [-0.3, -0.25) is 4.79 Å². The molecular formula is C16H23N3O. The average molecular weight is 273 g/mol. The minimum absolute atomic E-state index is 0.351. The first-order valence-corrected chi connectivity index (χ1v) is 7.59. The summed E-state index contributed by atoms with van der Waals surface area (Å²) in [5.74, 6) is 0.736. The van der Waals surface area contributed by atoms with Gasteiger partial charge < -0.3 is 16.0 Å². The maximum Gasteiger partial charge on any atom is 0.225 e. The highest BCUT2D eigenvalue weighted by Gasteiger charge is 2.34. The van der Waals surface area contributed by atoms with Crippen LogP contribution in [0.15, 0.2) is 24.3 Å². The number of amides is 1. The highest BCUT2D eigenvalue weighted by molar-refractivity contribution is 5.81. The number of carbonyl (C=O) groups excluding carboxylic acids is 1. The molecule has 4 heteroatoms. The number of rotatable bonds is 4. The second-order valence-electron chi connectivity index (χ2n) is 5.95. The predicted octanol–water partition coefficient (Wildman–Crippen LogP) is 1.76. The molecule has 1 saturated carbocycles. The minimum atomic E-state index is 0.351. The lowest BCUT2D eigenvalue weighted by molar-refractivity contribution is -0.133. The van der Waals surface area contributed by atoms with E-state index in [9.17, 15) is 4.79 Å². The summed E-state index contributed by atoms with van der Waals surface area (Å²) in [6.07, 6.45) is 4.30. The zero-order valence-corrected chi connectivity index (χ0v) is 11.8.